The first-order chi connectivity index (χ1) is 9.68. The molecule has 0 N–H and O–H groups in total. The second-order valence-electron chi connectivity index (χ2n) is 5.51. The van der Waals surface area contributed by atoms with E-state index < -0.39 is 10.0 Å². The first-order valence-corrected chi connectivity index (χ1v) is 8.83. The smallest absolute Gasteiger partial charge is 0.244 e. The van der Waals surface area contributed by atoms with Crippen molar-refractivity contribution in [3.8, 4) is 0 Å². The van der Waals surface area contributed by atoms with Crippen LogP contribution in [0.4, 0.5) is 5.82 Å². The van der Waals surface area contributed by atoms with Crippen molar-refractivity contribution in [2.75, 3.05) is 31.1 Å². The van der Waals surface area contributed by atoms with Gasteiger partial charge in [-0.15, -0.1) is 0 Å². The van der Waals surface area contributed by atoms with E-state index in [0.717, 1.165) is 38.2 Å². The predicted molar refractivity (Wildman–Crippen MR) is 78.3 cm³/mol. The number of rotatable bonds is 3. The number of aromatic nitrogens is 1. The van der Waals surface area contributed by atoms with Crippen LogP contribution < -0.4 is 4.90 Å². The maximum Gasteiger partial charge on any atom is 0.244 e. The van der Waals surface area contributed by atoms with Gasteiger partial charge in [0.15, 0.2) is 0 Å². The predicted octanol–water partition coefficient (Wildman–Crippen LogP) is 1.86. The molecule has 1 aromatic rings. The lowest BCUT2D eigenvalue weighted by Crippen LogP contribution is -2.35. The van der Waals surface area contributed by atoms with E-state index in [-0.39, 0.29) is 0 Å². The van der Waals surface area contributed by atoms with Crippen molar-refractivity contribution in [3.05, 3.63) is 18.3 Å². The first kappa shape index (κ1) is 13.8. The molecule has 0 spiro atoms. The fourth-order valence-corrected chi connectivity index (χ4v) is 4.38. The van der Waals surface area contributed by atoms with Crippen molar-refractivity contribution in [2.24, 2.45) is 0 Å². The number of hydrogen-bond acceptors (Lipinski definition) is 4. The lowest BCUT2D eigenvalue weighted by Gasteiger charge is -2.26. The maximum absolute atomic E-state index is 12.5. The molecule has 0 aliphatic carbocycles. The van der Waals surface area contributed by atoms with E-state index in [0.29, 0.717) is 18.0 Å². The third-order valence-electron chi connectivity index (χ3n) is 4.10. The molecule has 6 heteroatoms. The monoisotopic (exact) mass is 295 g/mol. The molecule has 2 fully saturated rings. The second kappa shape index (κ2) is 5.69. The van der Waals surface area contributed by atoms with Gasteiger partial charge in [0.05, 0.1) is 0 Å². The molecule has 0 aromatic carbocycles. The molecule has 0 amide bonds. The van der Waals surface area contributed by atoms with Crippen molar-refractivity contribution in [2.45, 2.75) is 37.0 Å². The highest BCUT2D eigenvalue weighted by atomic mass is 32.2. The molecule has 2 saturated heterocycles. The van der Waals surface area contributed by atoms with Crippen LogP contribution in [0.15, 0.2) is 23.2 Å². The largest absolute Gasteiger partial charge is 0.357 e. The number of piperidine rings is 1. The van der Waals surface area contributed by atoms with Crippen LogP contribution in [0.25, 0.3) is 0 Å². The summed E-state index contributed by atoms with van der Waals surface area (Å²) >= 11 is 0. The number of pyridine rings is 1. The summed E-state index contributed by atoms with van der Waals surface area (Å²) in [7, 11) is -3.35. The van der Waals surface area contributed by atoms with Crippen LogP contribution in [-0.2, 0) is 10.0 Å². The molecule has 3 rings (SSSR count). The van der Waals surface area contributed by atoms with E-state index in [1.165, 1.54) is 19.0 Å². The Hall–Kier alpha value is -1.14. The Kier molecular flexibility index (Phi) is 3.94. The fraction of sp³-hybridized carbons (Fsp3) is 0.643. The third kappa shape index (κ3) is 2.67. The van der Waals surface area contributed by atoms with Gasteiger partial charge in [-0.2, -0.15) is 4.31 Å². The van der Waals surface area contributed by atoms with Crippen LogP contribution in [0.2, 0.25) is 0 Å². The van der Waals surface area contributed by atoms with Crippen LogP contribution in [0.3, 0.4) is 0 Å². The minimum absolute atomic E-state index is 0.322. The number of anilines is 1. The highest BCUT2D eigenvalue weighted by molar-refractivity contribution is 7.89. The molecule has 0 radical (unpaired) electrons. The zero-order chi connectivity index (χ0) is 14.0. The van der Waals surface area contributed by atoms with Gasteiger partial charge in [0.2, 0.25) is 10.0 Å². The SMILES string of the molecule is O=S(=O)(c1ccc(N2CCCC2)nc1)N1CCCCC1. The van der Waals surface area contributed by atoms with Crippen LogP contribution in [-0.4, -0.2) is 43.9 Å². The van der Waals surface area contributed by atoms with Crippen molar-refractivity contribution in [3.63, 3.8) is 0 Å². The molecule has 20 heavy (non-hydrogen) atoms. The van der Waals surface area contributed by atoms with E-state index in [9.17, 15) is 8.42 Å². The summed E-state index contributed by atoms with van der Waals surface area (Å²) in [6, 6.07) is 3.53. The standard InChI is InChI=1S/C14H21N3O2S/c18-20(19,17-10-2-1-3-11-17)13-6-7-14(15-12-13)16-8-4-5-9-16/h6-7,12H,1-5,8-11H2. The Labute approximate surface area is 120 Å². The molecule has 2 aliphatic rings. The average molecular weight is 295 g/mol. The first-order valence-electron chi connectivity index (χ1n) is 7.39. The minimum atomic E-state index is -3.35. The van der Waals surface area contributed by atoms with Gasteiger partial charge in [0.25, 0.3) is 0 Å². The number of hydrogen-bond donors (Lipinski definition) is 0. The van der Waals surface area contributed by atoms with E-state index in [1.54, 1.807) is 10.4 Å². The Morgan fingerprint density at radius 1 is 0.900 bits per heavy atom. The zero-order valence-corrected chi connectivity index (χ0v) is 12.5. The Balaban J connectivity index is 1.79. The quantitative estimate of drug-likeness (QED) is 0.854. The fourth-order valence-electron chi connectivity index (χ4n) is 2.91. The summed E-state index contributed by atoms with van der Waals surface area (Å²) in [5, 5.41) is 0. The van der Waals surface area contributed by atoms with Gasteiger partial charge >= 0.3 is 0 Å². The normalized spacial score (nSPS) is 21.3. The van der Waals surface area contributed by atoms with Gasteiger partial charge in [-0.3, -0.25) is 0 Å². The number of sulfonamides is 1. The minimum Gasteiger partial charge on any atom is -0.357 e. The van der Waals surface area contributed by atoms with Crippen molar-refractivity contribution < 1.29 is 8.42 Å². The van der Waals surface area contributed by atoms with Gasteiger partial charge in [-0.1, -0.05) is 6.42 Å². The molecule has 110 valence electrons. The van der Waals surface area contributed by atoms with Crippen molar-refractivity contribution in [1.29, 1.82) is 0 Å². The Bertz CT molecular complexity index is 544. The summed E-state index contributed by atoms with van der Waals surface area (Å²) in [5.41, 5.74) is 0. The highest BCUT2D eigenvalue weighted by Gasteiger charge is 2.26. The van der Waals surface area contributed by atoms with Crippen LogP contribution in [0.1, 0.15) is 32.1 Å². The van der Waals surface area contributed by atoms with Gasteiger partial charge in [0, 0.05) is 32.4 Å². The maximum atomic E-state index is 12.5. The zero-order valence-electron chi connectivity index (χ0n) is 11.7. The summed E-state index contributed by atoms with van der Waals surface area (Å²) in [6.45, 7) is 3.31. The van der Waals surface area contributed by atoms with E-state index in [2.05, 4.69) is 9.88 Å². The molecule has 2 aliphatic heterocycles. The van der Waals surface area contributed by atoms with Crippen LogP contribution in [0, 0.1) is 0 Å². The Morgan fingerprint density at radius 2 is 1.55 bits per heavy atom. The molecule has 3 heterocycles. The highest BCUT2D eigenvalue weighted by Crippen LogP contribution is 2.23. The summed E-state index contributed by atoms with van der Waals surface area (Å²) in [4.78, 5) is 6.87. The average Bonchev–Trinajstić information content (AvgIpc) is 3.02. The molecule has 5 nitrogen and oxygen atoms in total. The van der Waals surface area contributed by atoms with E-state index in [4.69, 9.17) is 0 Å². The third-order valence-corrected chi connectivity index (χ3v) is 5.99. The molecule has 0 atom stereocenters. The van der Waals surface area contributed by atoms with Crippen molar-refractivity contribution in [1.82, 2.24) is 9.29 Å². The topological polar surface area (TPSA) is 53.5 Å². The van der Waals surface area contributed by atoms with Crippen LogP contribution in [0.5, 0.6) is 0 Å². The van der Waals surface area contributed by atoms with E-state index in [1.807, 2.05) is 6.07 Å². The molecule has 0 bridgehead atoms. The lowest BCUT2D eigenvalue weighted by molar-refractivity contribution is 0.346. The molecule has 0 saturated carbocycles. The lowest BCUT2D eigenvalue weighted by atomic mass is 10.2. The molecule has 1 aromatic heterocycles. The summed E-state index contributed by atoms with van der Waals surface area (Å²) in [6.07, 6.45) is 6.93. The molecular weight excluding hydrogens is 274 g/mol. The summed E-state index contributed by atoms with van der Waals surface area (Å²) in [5.74, 6) is 0.889. The second-order valence-corrected chi connectivity index (χ2v) is 7.45. The van der Waals surface area contributed by atoms with Gasteiger partial charge in [-0.05, 0) is 37.8 Å². The van der Waals surface area contributed by atoms with Gasteiger partial charge < -0.3 is 4.90 Å². The Morgan fingerprint density at radius 3 is 2.15 bits per heavy atom. The van der Waals surface area contributed by atoms with Crippen molar-refractivity contribution >= 4 is 15.8 Å². The van der Waals surface area contributed by atoms with Crippen LogP contribution >= 0.6 is 0 Å². The number of nitrogens with zero attached hydrogens (tertiary/aromatic N) is 3. The van der Waals surface area contributed by atoms with E-state index >= 15 is 0 Å². The van der Waals surface area contributed by atoms with Gasteiger partial charge in [-0.25, -0.2) is 13.4 Å². The molecular formula is C14H21N3O2S. The molecule has 0 unspecified atom stereocenters. The van der Waals surface area contributed by atoms with Gasteiger partial charge in [0.1, 0.15) is 10.7 Å². The summed E-state index contributed by atoms with van der Waals surface area (Å²) < 4.78 is 26.6.